The molecule has 0 bridgehead atoms. The third-order valence-corrected chi connectivity index (χ3v) is 4.83. The first-order chi connectivity index (χ1) is 13.1. The van der Waals surface area contributed by atoms with Gasteiger partial charge in [-0.2, -0.15) is 0 Å². The lowest BCUT2D eigenvalue weighted by atomic mass is 10.2. The van der Waals surface area contributed by atoms with Gasteiger partial charge in [-0.05, 0) is 37.6 Å². The second kappa shape index (κ2) is 6.72. The van der Waals surface area contributed by atoms with Gasteiger partial charge in [-0.3, -0.25) is 4.79 Å². The molecule has 3 N–H and O–H groups in total. The van der Waals surface area contributed by atoms with E-state index in [-0.39, 0.29) is 11.9 Å². The summed E-state index contributed by atoms with van der Waals surface area (Å²) in [5.74, 6) is 0.336. The molecule has 4 aromatic rings. The molecule has 6 nitrogen and oxygen atoms in total. The number of fused-ring (bicyclic) bond motifs is 2. The minimum Gasteiger partial charge on any atom is -0.394 e. The zero-order chi connectivity index (χ0) is 19.0. The SMILES string of the molecule is CCC(C)n1c(NC(=O)c2ccccc2)c(N)c2nc3ccccc3nc21. The Kier molecular flexibility index (Phi) is 4.24. The van der Waals surface area contributed by atoms with Crippen LogP contribution in [-0.4, -0.2) is 20.4 Å². The summed E-state index contributed by atoms with van der Waals surface area (Å²) in [6.45, 7) is 4.16. The molecule has 1 unspecified atom stereocenters. The molecule has 136 valence electrons. The van der Waals surface area contributed by atoms with Crippen LogP contribution in [0.2, 0.25) is 0 Å². The van der Waals surface area contributed by atoms with Gasteiger partial charge < -0.3 is 15.6 Å². The van der Waals surface area contributed by atoms with Crippen LogP contribution in [-0.2, 0) is 0 Å². The molecule has 2 heterocycles. The first-order valence-electron chi connectivity index (χ1n) is 9.02. The summed E-state index contributed by atoms with van der Waals surface area (Å²) < 4.78 is 1.98. The van der Waals surface area contributed by atoms with E-state index in [0.29, 0.717) is 28.2 Å². The van der Waals surface area contributed by atoms with Gasteiger partial charge in [-0.25, -0.2) is 9.97 Å². The highest BCUT2D eigenvalue weighted by atomic mass is 16.1. The summed E-state index contributed by atoms with van der Waals surface area (Å²) in [5, 5.41) is 2.97. The van der Waals surface area contributed by atoms with Crippen LogP contribution in [0.4, 0.5) is 11.5 Å². The molecule has 0 aliphatic rings. The number of nitrogens with zero attached hydrogens (tertiary/aromatic N) is 3. The lowest BCUT2D eigenvalue weighted by molar-refractivity contribution is 0.102. The molecule has 2 aromatic carbocycles. The molecule has 0 fully saturated rings. The summed E-state index contributed by atoms with van der Waals surface area (Å²) in [6, 6.07) is 16.9. The smallest absolute Gasteiger partial charge is 0.256 e. The number of anilines is 2. The second-order valence-electron chi connectivity index (χ2n) is 6.59. The van der Waals surface area contributed by atoms with E-state index in [2.05, 4.69) is 19.2 Å². The maximum Gasteiger partial charge on any atom is 0.256 e. The highest BCUT2D eigenvalue weighted by Gasteiger charge is 2.23. The predicted octanol–water partition coefficient (Wildman–Crippen LogP) is 4.39. The van der Waals surface area contributed by atoms with Crippen molar-refractivity contribution in [1.82, 2.24) is 14.5 Å². The second-order valence-corrected chi connectivity index (χ2v) is 6.59. The lowest BCUT2D eigenvalue weighted by Crippen LogP contribution is -2.17. The molecule has 6 heteroatoms. The predicted molar refractivity (Wildman–Crippen MR) is 109 cm³/mol. The van der Waals surface area contributed by atoms with Crippen LogP contribution in [0.15, 0.2) is 54.6 Å². The Morgan fingerprint density at radius 2 is 1.70 bits per heavy atom. The van der Waals surface area contributed by atoms with Crippen molar-refractivity contribution in [2.45, 2.75) is 26.3 Å². The Labute approximate surface area is 157 Å². The summed E-state index contributed by atoms with van der Waals surface area (Å²) in [6.07, 6.45) is 0.867. The van der Waals surface area contributed by atoms with Crippen molar-refractivity contribution in [3.05, 3.63) is 60.2 Å². The number of rotatable bonds is 4. The normalized spacial score (nSPS) is 12.4. The minimum atomic E-state index is -0.209. The fraction of sp³-hybridized carbons (Fsp3) is 0.190. The Bertz CT molecular complexity index is 1130. The van der Waals surface area contributed by atoms with Crippen molar-refractivity contribution in [3.8, 4) is 0 Å². The molecule has 27 heavy (non-hydrogen) atoms. The van der Waals surface area contributed by atoms with E-state index in [4.69, 9.17) is 15.7 Å². The fourth-order valence-corrected chi connectivity index (χ4v) is 3.20. The molecule has 1 amide bonds. The number of amides is 1. The van der Waals surface area contributed by atoms with Gasteiger partial charge >= 0.3 is 0 Å². The van der Waals surface area contributed by atoms with Gasteiger partial charge in [0.25, 0.3) is 5.91 Å². The molecule has 0 radical (unpaired) electrons. The largest absolute Gasteiger partial charge is 0.394 e. The lowest BCUT2D eigenvalue weighted by Gasteiger charge is -2.17. The van der Waals surface area contributed by atoms with Gasteiger partial charge in [-0.1, -0.05) is 37.3 Å². The number of nitrogens with two attached hydrogens (primary N) is 1. The Morgan fingerprint density at radius 1 is 1.07 bits per heavy atom. The van der Waals surface area contributed by atoms with Crippen molar-refractivity contribution in [3.63, 3.8) is 0 Å². The topological polar surface area (TPSA) is 85.8 Å². The molecular weight excluding hydrogens is 338 g/mol. The third kappa shape index (κ3) is 2.89. The van der Waals surface area contributed by atoms with Crippen LogP contribution < -0.4 is 11.1 Å². The van der Waals surface area contributed by atoms with E-state index in [1.54, 1.807) is 12.1 Å². The van der Waals surface area contributed by atoms with Crippen LogP contribution in [0, 0.1) is 0 Å². The van der Waals surface area contributed by atoms with Crippen LogP contribution in [0.3, 0.4) is 0 Å². The Morgan fingerprint density at radius 3 is 2.37 bits per heavy atom. The monoisotopic (exact) mass is 359 g/mol. The third-order valence-electron chi connectivity index (χ3n) is 4.83. The molecule has 4 rings (SSSR count). The van der Waals surface area contributed by atoms with Gasteiger partial charge in [0, 0.05) is 11.6 Å². The first-order valence-corrected chi connectivity index (χ1v) is 9.02. The number of carbonyl (C=O) groups excluding carboxylic acids is 1. The van der Waals surface area contributed by atoms with Gasteiger partial charge in [0.05, 0.1) is 11.0 Å². The van der Waals surface area contributed by atoms with E-state index >= 15 is 0 Å². The molecule has 0 saturated heterocycles. The molecule has 1 atom stereocenters. The quantitative estimate of drug-likeness (QED) is 0.566. The number of hydrogen-bond donors (Lipinski definition) is 2. The van der Waals surface area contributed by atoms with Crippen molar-refractivity contribution < 1.29 is 4.79 Å². The molecule has 0 saturated carbocycles. The summed E-state index contributed by atoms with van der Waals surface area (Å²) in [4.78, 5) is 22.2. The van der Waals surface area contributed by atoms with Crippen LogP contribution in [0.1, 0.15) is 36.7 Å². The molecule has 0 aliphatic carbocycles. The molecule has 0 aliphatic heterocycles. The molecule has 2 aromatic heterocycles. The number of aromatic nitrogens is 3. The molecular formula is C21H21N5O. The number of carbonyl (C=O) groups is 1. The van der Waals surface area contributed by atoms with E-state index in [1.807, 2.05) is 47.0 Å². The zero-order valence-corrected chi connectivity index (χ0v) is 15.3. The standard InChI is InChI=1S/C21H21N5O/c1-3-13(2)26-19(25-21(27)14-9-5-4-6-10-14)17(22)18-20(26)24-16-12-8-7-11-15(16)23-18/h4-13H,3,22H2,1-2H3,(H,25,27). The van der Waals surface area contributed by atoms with Gasteiger partial charge in [-0.15, -0.1) is 0 Å². The van der Waals surface area contributed by atoms with Gasteiger partial charge in [0.2, 0.25) is 0 Å². The number of benzene rings is 2. The fourth-order valence-electron chi connectivity index (χ4n) is 3.20. The zero-order valence-electron chi connectivity index (χ0n) is 15.3. The van der Waals surface area contributed by atoms with Crippen LogP contribution in [0.5, 0.6) is 0 Å². The van der Waals surface area contributed by atoms with Crippen molar-refractivity contribution in [1.29, 1.82) is 0 Å². The van der Waals surface area contributed by atoms with Crippen molar-refractivity contribution >= 4 is 39.6 Å². The van der Waals surface area contributed by atoms with Gasteiger partial charge in [0.1, 0.15) is 17.0 Å². The number of nitrogens with one attached hydrogen (secondary N) is 1. The van der Waals surface area contributed by atoms with Crippen molar-refractivity contribution in [2.24, 2.45) is 0 Å². The van der Waals surface area contributed by atoms with E-state index in [9.17, 15) is 4.79 Å². The maximum atomic E-state index is 12.7. The van der Waals surface area contributed by atoms with Crippen molar-refractivity contribution in [2.75, 3.05) is 11.1 Å². The molecule has 0 spiro atoms. The Hall–Kier alpha value is -3.41. The van der Waals surface area contributed by atoms with Crippen LogP contribution in [0.25, 0.3) is 22.2 Å². The first kappa shape index (κ1) is 17.0. The highest BCUT2D eigenvalue weighted by Crippen LogP contribution is 2.35. The van der Waals surface area contributed by atoms with Crippen LogP contribution >= 0.6 is 0 Å². The number of nitrogen functional groups attached to an aromatic ring is 1. The highest BCUT2D eigenvalue weighted by molar-refractivity contribution is 6.09. The maximum absolute atomic E-state index is 12.7. The summed E-state index contributed by atoms with van der Waals surface area (Å²) in [7, 11) is 0. The minimum absolute atomic E-state index is 0.103. The van der Waals surface area contributed by atoms with E-state index in [1.165, 1.54) is 0 Å². The summed E-state index contributed by atoms with van der Waals surface area (Å²) in [5.41, 5.74) is 10.3. The number of hydrogen-bond acceptors (Lipinski definition) is 4. The van der Waals surface area contributed by atoms with E-state index in [0.717, 1.165) is 17.5 Å². The summed E-state index contributed by atoms with van der Waals surface area (Å²) >= 11 is 0. The van der Waals surface area contributed by atoms with E-state index < -0.39 is 0 Å². The average molecular weight is 359 g/mol. The Balaban J connectivity index is 1.91. The number of para-hydroxylation sites is 2. The average Bonchev–Trinajstić information content (AvgIpc) is 2.97. The van der Waals surface area contributed by atoms with Gasteiger partial charge in [0.15, 0.2) is 5.65 Å².